The standard InChI is InChI=1S/C31H25ClN2OS2/c1-20-8-12-23(13-9-20)30(24-14-10-21(2)11-15-24)27-6-4-5-7-28(27)31(37-30)34(33-29(36-31)22(3)35)26-18-16-25(32)17-19-26/h4-19H,1-3H3/t31-/m1/s1. The van der Waals surface area contributed by atoms with Crippen LogP contribution in [0.1, 0.15) is 40.3 Å². The van der Waals surface area contributed by atoms with Crippen molar-refractivity contribution in [2.24, 2.45) is 5.10 Å². The molecule has 0 bridgehead atoms. The number of ketones is 1. The van der Waals surface area contributed by atoms with Crippen LogP contribution < -0.4 is 5.01 Å². The molecule has 184 valence electrons. The van der Waals surface area contributed by atoms with Crippen LogP contribution in [0.4, 0.5) is 5.69 Å². The average Bonchev–Trinajstić information content (AvgIpc) is 3.43. The highest BCUT2D eigenvalue weighted by Gasteiger charge is 2.61. The lowest BCUT2D eigenvalue weighted by Gasteiger charge is -2.37. The van der Waals surface area contributed by atoms with E-state index in [1.165, 1.54) is 39.6 Å². The van der Waals surface area contributed by atoms with E-state index in [1.54, 1.807) is 6.92 Å². The normalized spacial score (nSPS) is 19.7. The van der Waals surface area contributed by atoms with Crippen molar-refractivity contribution in [2.45, 2.75) is 29.7 Å². The number of hydrogen-bond acceptors (Lipinski definition) is 5. The van der Waals surface area contributed by atoms with Crippen LogP contribution in [0.25, 0.3) is 0 Å². The topological polar surface area (TPSA) is 32.7 Å². The van der Waals surface area contributed by atoms with E-state index in [0.717, 1.165) is 11.3 Å². The minimum atomic E-state index is -0.679. The summed E-state index contributed by atoms with van der Waals surface area (Å²) in [6.07, 6.45) is 0. The van der Waals surface area contributed by atoms with Gasteiger partial charge in [-0.3, -0.25) is 4.79 Å². The van der Waals surface area contributed by atoms with Crippen LogP contribution in [0.5, 0.6) is 0 Å². The van der Waals surface area contributed by atoms with Gasteiger partial charge in [0.15, 0.2) is 15.0 Å². The lowest BCUT2D eigenvalue weighted by Crippen LogP contribution is -2.34. The summed E-state index contributed by atoms with van der Waals surface area (Å²) >= 11 is 9.61. The molecule has 0 unspecified atom stereocenters. The summed E-state index contributed by atoms with van der Waals surface area (Å²) in [6.45, 7) is 5.81. The zero-order valence-electron chi connectivity index (χ0n) is 20.7. The van der Waals surface area contributed by atoms with Gasteiger partial charge < -0.3 is 0 Å². The summed E-state index contributed by atoms with van der Waals surface area (Å²) in [7, 11) is 0. The molecule has 2 aliphatic heterocycles. The first kappa shape index (κ1) is 24.4. The second-order valence-corrected chi connectivity index (χ2v) is 12.8. The van der Waals surface area contributed by atoms with Gasteiger partial charge in [-0.05, 0) is 54.8 Å². The monoisotopic (exact) mass is 540 g/mol. The lowest BCUT2D eigenvalue weighted by atomic mass is 9.81. The summed E-state index contributed by atoms with van der Waals surface area (Å²) in [5.41, 5.74) is 8.07. The Balaban J connectivity index is 1.64. The number of carbonyl (C=O) groups is 1. The van der Waals surface area contributed by atoms with Crippen molar-refractivity contribution in [2.75, 3.05) is 5.01 Å². The number of halogens is 1. The van der Waals surface area contributed by atoms with Gasteiger partial charge in [-0.1, -0.05) is 119 Å². The number of carbonyl (C=O) groups excluding carboxylic acids is 1. The van der Waals surface area contributed by atoms with Crippen molar-refractivity contribution in [3.63, 3.8) is 0 Å². The van der Waals surface area contributed by atoms with Crippen molar-refractivity contribution >= 4 is 51.6 Å². The number of rotatable bonds is 4. The van der Waals surface area contributed by atoms with Gasteiger partial charge in [-0.25, -0.2) is 5.01 Å². The second kappa shape index (κ2) is 9.09. The Hall–Kier alpha value is -2.99. The fourth-order valence-corrected chi connectivity index (χ4v) is 8.78. The van der Waals surface area contributed by atoms with E-state index in [9.17, 15) is 4.79 Å². The molecular weight excluding hydrogens is 516 g/mol. The number of hydrogen-bond donors (Lipinski definition) is 0. The van der Waals surface area contributed by atoms with Crippen molar-refractivity contribution in [1.29, 1.82) is 0 Å². The molecule has 0 saturated carbocycles. The Kier molecular flexibility index (Phi) is 5.98. The first-order valence-corrected chi connectivity index (χ1v) is 14.1. The van der Waals surface area contributed by atoms with E-state index in [2.05, 4.69) is 86.6 Å². The molecule has 6 rings (SSSR count). The second-order valence-electron chi connectivity index (χ2n) is 9.49. The third-order valence-corrected chi connectivity index (χ3v) is 10.6. The van der Waals surface area contributed by atoms with Crippen molar-refractivity contribution < 1.29 is 4.79 Å². The molecule has 4 aromatic rings. The van der Waals surface area contributed by atoms with Gasteiger partial charge in [0.1, 0.15) is 0 Å². The first-order valence-electron chi connectivity index (χ1n) is 12.1. The van der Waals surface area contributed by atoms with Gasteiger partial charge >= 0.3 is 0 Å². The molecule has 3 nitrogen and oxygen atoms in total. The molecule has 2 heterocycles. The highest BCUT2D eigenvalue weighted by atomic mass is 35.5. The van der Waals surface area contributed by atoms with Gasteiger partial charge in [-0.15, -0.1) is 0 Å². The minimum absolute atomic E-state index is 0.0397. The van der Waals surface area contributed by atoms with Gasteiger partial charge in [-0.2, -0.15) is 5.10 Å². The SMILES string of the molecule is CC(=O)C1=NN(c2ccc(Cl)cc2)[C@]2(S1)SC(c1ccc(C)cc1)(c1ccc(C)cc1)c1ccccc12. The molecule has 1 spiro atoms. The number of Topliss-reactive ketones (excluding diaryl/α,β-unsaturated/α-hetero) is 1. The predicted octanol–water partition coefficient (Wildman–Crippen LogP) is 8.26. The maximum atomic E-state index is 12.7. The molecule has 2 aliphatic rings. The molecule has 0 radical (unpaired) electrons. The van der Waals surface area contributed by atoms with Crippen LogP contribution in [-0.4, -0.2) is 10.8 Å². The third kappa shape index (κ3) is 3.83. The molecule has 4 aromatic carbocycles. The molecule has 37 heavy (non-hydrogen) atoms. The summed E-state index contributed by atoms with van der Waals surface area (Å²) in [4.78, 5) is 12.7. The van der Waals surface area contributed by atoms with Crippen LogP contribution in [0.2, 0.25) is 5.02 Å². The number of hydrazone groups is 1. The Morgan fingerprint density at radius 2 is 1.32 bits per heavy atom. The van der Waals surface area contributed by atoms with E-state index < -0.39 is 8.95 Å². The third-order valence-electron chi connectivity index (χ3n) is 6.93. The highest BCUT2D eigenvalue weighted by molar-refractivity contribution is 8.27. The van der Waals surface area contributed by atoms with Gasteiger partial charge in [0.05, 0.1) is 10.4 Å². The van der Waals surface area contributed by atoms with E-state index in [1.807, 2.05) is 41.0 Å². The highest BCUT2D eigenvalue weighted by Crippen LogP contribution is 2.70. The predicted molar refractivity (Wildman–Crippen MR) is 158 cm³/mol. The Labute approximate surface area is 230 Å². The van der Waals surface area contributed by atoms with Gasteiger partial charge in [0.2, 0.25) is 0 Å². The smallest absolute Gasteiger partial charge is 0.187 e. The molecule has 6 heteroatoms. The molecule has 0 fully saturated rings. The van der Waals surface area contributed by atoms with Crippen LogP contribution in [0.3, 0.4) is 0 Å². The Morgan fingerprint density at radius 3 is 1.86 bits per heavy atom. The Bertz CT molecular complexity index is 1490. The summed E-state index contributed by atoms with van der Waals surface area (Å²) in [5.74, 6) is -0.0397. The molecule has 0 aliphatic carbocycles. The molecule has 0 amide bonds. The summed E-state index contributed by atoms with van der Waals surface area (Å²) < 4.78 is -1.18. The quantitative estimate of drug-likeness (QED) is 0.261. The summed E-state index contributed by atoms with van der Waals surface area (Å²) in [6, 6.07) is 33.9. The number of nitrogens with zero attached hydrogens (tertiary/aromatic N) is 2. The number of fused-ring (bicyclic) bond motifs is 2. The van der Waals surface area contributed by atoms with E-state index >= 15 is 0 Å². The van der Waals surface area contributed by atoms with Crippen LogP contribution >= 0.6 is 35.1 Å². The van der Waals surface area contributed by atoms with Crippen molar-refractivity contribution in [3.8, 4) is 0 Å². The largest absolute Gasteiger partial charge is 0.292 e. The zero-order valence-corrected chi connectivity index (χ0v) is 23.1. The van der Waals surface area contributed by atoms with Gasteiger partial charge in [0.25, 0.3) is 0 Å². The van der Waals surface area contributed by atoms with Crippen LogP contribution in [0.15, 0.2) is 102 Å². The lowest BCUT2D eigenvalue weighted by molar-refractivity contribution is -0.110. The molecule has 1 atom stereocenters. The van der Waals surface area contributed by atoms with Crippen LogP contribution in [0, 0.1) is 13.8 Å². The molecule has 0 aromatic heterocycles. The summed E-state index contributed by atoms with van der Waals surface area (Å²) in [5, 5.41) is 8.08. The molecular formula is C31H25ClN2OS2. The maximum Gasteiger partial charge on any atom is 0.187 e. The number of thioether (sulfide) groups is 2. The number of benzene rings is 4. The van der Waals surface area contributed by atoms with Crippen LogP contribution in [-0.2, 0) is 13.7 Å². The first-order chi connectivity index (χ1) is 17.8. The zero-order chi connectivity index (χ0) is 25.8. The molecule has 0 N–H and O–H groups in total. The van der Waals surface area contributed by atoms with Crippen molar-refractivity contribution in [1.82, 2.24) is 0 Å². The van der Waals surface area contributed by atoms with Gasteiger partial charge in [0, 0.05) is 17.5 Å². The van der Waals surface area contributed by atoms with E-state index in [-0.39, 0.29) is 5.78 Å². The number of aryl methyl sites for hydroxylation is 2. The fourth-order valence-electron chi connectivity index (χ4n) is 5.09. The number of anilines is 1. The van der Waals surface area contributed by atoms with Crippen molar-refractivity contribution in [3.05, 3.63) is 135 Å². The molecule has 0 saturated heterocycles. The van der Waals surface area contributed by atoms with E-state index in [0.29, 0.717) is 10.1 Å². The van der Waals surface area contributed by atoms with E-state index in [4.69, 9.17) is 16.7 Å². The minimum Gasteiger partial charge on any atom is -0.292 e. The maximum absolute atomic E-state index is 12.7. The fraction of sp³-hybridized carbons (Fsp3) is 0.161. The average molecular weight is 541 g/mol. The Morgan fingerprint density at radius 1 is 0.784 bits per heavy atom.